The Morgan fingerprint density at radius 3 is 2.70 bits per heavy atom. The molecule has 5 heteroatoms. The standard InChI is InChI=1S/C18H20N2O3/c1-12-9-13(2)17-14(10-12)15(21)11-18(23-17)4-7-20(8-5-18)16(22)3-6-19/h9-10H,3-5,7-8,11H2,1-2H3. The molecule has 2 aliphatic rings. The summed E-state index contributed by atoms with van der Waals surface area (Å²) in [6.45, 7) is 5.01. The molecular formula is C18H20N2O3. The molecule has 1 saturated heterocycles. The number of piperidine rings is 1. The van der Waals surface area contributed by atoms with Crippen LogP contribution < -0.4 is 4.74 Å². The molecule has 0 radical (unpaired) electrons. The van der Waals surface area contributed by atoms with E-state index in [4.69, 9.17) is 10.00 Å². The maximum Gasteiger partial charge on any atom is 0.236 e. The molecule has 0 atom stereocenters. The van der Waals surface area contributed by atoms with Crippen LogP contribution >= 0.6 is 0 Å². The van der Waals surface area contributed by atoms with E-state index in [2.05, 4.69) is 0 Å². The lowest BCUT2D eigenvalue weighted by atomic mass is 9.81. The molecule has 3 rings (SSSR count). The molecule has 0 bridgehead atoms. The van der Waals surface area contributed by atoms with E-state index >= 15 is 0 Å². The first-order valence-corrected chi connectivity index (χ1v) is 7.92. The number of amides is 1. The van der Waals surface area contributed by atoms with Crippen LogP contribution in [0.1, 0.15) is 47.2 Å². The number of carbonyl (C=O) groups is 2. The molecule has 1 aromatic carbocycles. The van der Waals surface area contributed by atoms with Gasteiger partial charge in [0.15, 0.2) is 5.78 Å². The smallest absolute Gasteiger partial charge is 0.236 e. The monoisotopic (exact) mass is 312 g/mol. The molecule has 0 aromatic heterocycles. The van der Waals surface area contributed by atoms with E-state index < -0.39 is 5.60 Å². The number of fused-ring (bicyclic) bond motifs is 1. The highest BCUT2D eigenvalue weighted by atomic mass is 16.5. The van der Waals surface area contributed by atoms with Crippen molar-refractivity contribution in [1.82, 2.24) is 4.90 Å². The number of nitrogens with zero attached hydrogens (tertiary/aromatic N) is 2. The normalized spacial score (nSPS) is 19.0. The zero-order valence-electron chi connectivity index (χ0n) is 13.5. The fourth-order valence-electron chi connectivity index (χ4n) is 3.56. The molecule has 1 aromatic rings. The van der Waals surface area contributed by atoms with Gasteiger partial charge >= 0.3 is 0 Å². The lowest BCUT2D eigenvalue weighted by Gasteiger charge is -2.44. The summed E-state index contributed by atoms with van der Waals surface area (Å²) in [5.74, 6) is 0.676. The fraction of sp³-hybridized carbons (Fsp3) is 0.500. The largest absolute Gasteiger partial charge is 0.486 e. The molecular weight excluding hydrogens is 292 g/mol. The number of carbonyl (C=O) groups excluding carboxylic acids is 2. The summed E-state index contributed by atoms with van der Waals surface area (Å²) >= 11 is 0. The van der Waals surface area contributed by atoms with Crippen molar-refractivity contribution in [2.24, 2.45) is 0 Å². The van der Waals surface area contributed by atoms with E-state index in [-0.39, 0.29) is 18.1 Å². The van der Waals surface area contributed by atoms with Crippen molar-refractivity contribution in [3.63, 3.8) is 0 Å². The van der Waals surface area contributed by atoms with Crippen molar-refractivity contribution in [1.29, 1.82) is 5.26 Å². The summed E-state index contributed by atoms with van der Waals surface area (Å²) in [6.07, 6.45) is 1.53. The summed E-state index contributed by atoms with van der Waals surface area (Å²) in [4.78, 5) is 26.1. The Balaban J connectivity index is 1.80. The summed E-state index contributed by atoms with van der Waals surface area (Å²) in [6, 6.07) is 5.81. The minimum atomic E-state index is -0.506. The first-order valence-electron chi connectivity index (χ1n) is 7.92. The van der Waals surface area contributed by atoms with Crippen molar-refractivity contribution in [3.05, 3.63) is 28.8 Å². The van der Waals surface area contributed by atoms with Crippen molar-refractivity contribution in [2.45, 2.75) is 45.1 Å². The van der Waals surface area contributed by atoms with Crippen molar-refractivity contribution < 1.29 is 14.3 Å². The quantitative estimate of drug-likeness (QED) is 0.799. The van der Waals surface area contributed by atoms with Crippen LogP contribution in [-0.4, -0.2) is 35.3 Å². The molecule has 0 unspecified atom stereocenters. The molecule has 1 spiro atoms. The van der Waals surface area contributed by atoms with Gasteiger partial charge in [-0.05, 0) is 31.0 Å². The highest BCUT2D eigenvalue weighted by Crippen LogP contribution is 2.41. The van der Waals surface area contributed by atoms with Crippen LogP contribution in [0.3, 0.4) is 0 Å². The molecule has 0 aliphatic carbocycles. The maximum atomic E-state index is 12.6. The number of hydrogen-bond acceptors (Lipinski definition) is 4. The van der Waals surface area contributed by atoms with Gasteiger partial charge in [-0.2, -0.15) is 5.26 Å². The predicted molar refractivity (Wildman–Crippen MR) is 84.3 cm³/mol. The molecule has 1 amide bonds. The third-order valence-electron chi connectivity index (χ3n) is 4.78. The van der Waals surface area contributed by atoms with Crippen molar-refractivity contribution in [3.8, 4) is 11.8 Å². The van der Waals surface area contributed by atoms with E-state index in [0.717, 1.165) is 11.1 Å². The van der Waals surface area contributed by atoms with Gasteiger partial charge < -0.3 is 9.64 Å². The topological polar surface area (TPSA) is 70.4 Å². The first kappa shape index (κ1) is 15.5. The Labute approximate surface area is 135 Å². The molecule has 2 heterocycles. The Bertz CT molecular complexity index is 710. The highest BCUT2D eigenvalue weighted by Gasteiger charge is 2.44. The van der Waals surface area contributed by atoms with E-state index in [0.29, 0.717) is 43.7 Å². The molecule has 1 fully saturated rings. The Morgan fingerprint density at radius 1 is 1.35 bits per heavy atom. The molecule has 2 aliphatic heterocycles. The van der Waals surface area contributed by atoms with Crippen LogP contribution in [0.15, 0.2) is 12.1 Å². The Morgan fingerprint density at radius 2 is 2.04 bits per heavy atom. The van der Waals surface area contributed by atoms with Gasteiger partial charge in [-0.1, -0.05) is 6.07 Å². The van der Waals surface area contributed by atoms with Crippen LogP contribution in [0.5, 0.6) is 5.75 Å². The van der Waals surface area contributed by atoms with E-state index in [1.54, 1.807) is 4.90 Å². The summed E-state index contributed by atoms with van der Waals surface area (Å²) in [5.41, 5.74) is 2.21. The Hall–Kier alpha value is -2.35. The summed E-state index contributed by atoms with van der Waals surface area (Å²) in [7, 11) is 0. The zero-order chi connectivity index (χ0) is 16.6. The number of Topliss-reactive ketones (excluding diaryl/α,β-unsaturated/α-hetero) is 1. The molecule has 23 heavy (non-hydrogen) atoms. The number of ether oxygens (including phenoxy) is 1. The van der Waals surface area contributed by atoms with Gasteiger partial charge in [-0.15, -0.1) is 0 Å². The number of likely N-dealkylation sites (tertiary alicyclic amines) is 1. The highest BCUT2D eigenvalue weighted by molar-refractivity contribution is 6.01. The third-order valence-corrected chi connectivity index (χ3v) is 4.78. The van der Waals surface area contributed by atoms with Gasteiger partial charge in [0.2, 0.25) is 5.91 Å². The van der Waals surface area contributed by atoms with Crippen molar-refractivity contribution >= 4 is 11.7 Å². The maximum absolute atomic E-state index is 12.6. The first-order chi connectivity index (χ1) is 10.9. The lowest BCUT2D eigenvalue weighted by Crippen LogP contribution is -2.52. The number of nitriles is 1. The lowest BCUT2D eigenvalue weighted by molar-refractivity contribution is -0.133. The second-order valence-corrected chi connectivity index (χ2v) is 6.56. The number of hydrogen-bond donors (Lipinski definition) is 0. The second kappa shape index (κ2) is 5.69. The number of rotatable bonds is 1. The number of ketones is 1. The second-order valence-electron chi connectivity index (χ2n) is 6.56. The van der Waals surface area contributed by atoms with E-state index in [9.17, 15) is 9.59 Å². The number of benzene rings is 1. The number of aryl methyl sites for hydroxylation is 2. The van der Waals surface area contributed by atoms with Crippen molar-refractivity contribution in [2.75, 3.05) is 13.1 Å². The molecule has 0 saturated carbocycles. The molecule has 5 nitrogen and oxygen atoms in total. The SMILES string of the molecule is Cc1cc(C)c2c(c1)C(=O)CC1(CCN(C(=O)CC#N)CC1)O2. The summed E-state index contributed by atoms with van der Waals surface area (Å²) < 4.78 is 6.28. The summed E-state index contributed by atoms with van der Waals surface area (Å²) in [5, 5.41) is 8.64. The molecule has 0 N–H and O–H groups in total. The van der Waals surface area contributed by atoms with Crippen LogP contribution in [0.25, 0.3) is 0 Å². The minimum absolute atomic E-state index is 0.0893. The van der Waals surface area contributed by atoms with Gasteiger partial charge in [0.05, 0.1) is 18.1 Å². The van der Waals surface area contributed by atoms with Gasteiger partial charge in [0.25, 0.3) is 0 Å². The predicted octanol–water partition coefficient (Wildman–Crippen LogP) is 2.54. The minimum Gasteiger partial charge on any atom is -0.486 e. The average Bonchev–Trinajstić information content (AvgIpc) is 2.50. The van der Waals surface area contributed by atoms with E-state index in [1.807, 2.05) is 32.0 Å². The van der Waals surface area contributed by atoms with Crippen LogP contribution in [-0.2, 0) is 4.79 Å². The van der Waals surface area contributed by atoms with E-state index in [1.165, 1.54) is 0 Å². The van der Waals surface area contributed by atoms with Crippen LogP contribution in [0.4, 0.5) is 0 Å². The average molecular weight is 312 g/mol. The molecule has 120 valence electrons. The van der Waals surface area contributed by atoms with Gasteiger partial charge in [0, 0.05) is 25.9 Å². The van der Waals surface area contributed by atoms with Gasteiger partial charge in [-0.25, -0.2) is 0 Å². The third kappa shape index (κ3) is 2.81. The van der Waals surface area contributed by atoms with Gasteiger partial charge in [0.1, 0.15) is 17.8 Å². The fourth-order valence-corrected chi connectivity index (χ4v) is 3.56. The zero-order valence-corrected chi connectivity index (χ0v) is 13.5. The van der Waals surface area contributed by atoms with Crippen LogP contribution in [0, 0.1) is 25.2 Å². The Kier molecular flexibility index (Phi) is 3.85. The van der Waals surface area contributed by atoms with Crippen LogP contribution in [0.2, 0.25) is 0 Å². The van der Waals surface area contributed by atoms with Gasteiger partial charge in [-0.3, -0.25) is 9.59 Å².